The first kappa shape index (κ1) is 34.9. The van der Waals surface area contributed by atoms with Crippen molar-refractivity contribution < 1.29 is 28.4 Å². The fourth-order valence-corrected chi connectivity index (χ4v) is 4.85. The lowest BCUT2D eigenvalue weighted by Gasteiger charge is -2.18. The maximum absolute atomic E-state index is 11.6. The minimum Gasteiger partial charge on any atom is -0.381 e. The molecule has 2 N–H and O–H groups in total. The molecule has 0 aromatic heterocycles. The lowest BCUT2D eigenvalue weighted by molar-refractivity contribution is -0.858. The number of nitrogens with one attached hydrogen (secondary N) is 1. The summed E-state index contributed by atoms with van der Waals surface area (Å²) in [5, 5.41) is 0. The molecule has 0 aliphatic carbocycles. The highest BCUT2D eigenvalue weighted by atomic mass is 31.2. The van der Waals surface area contributed by atoms with Crippen molar-refractivity contribution in [2.24, 2.45) is 5.92 Å². The highest BCUT2D eigenvalue weighted by Gasteiger charge is 2.16. The predicted octanol–water partition coefficient (Wildman–Crippen LogP) is 6.26. The molecule has 0 amide bonds. The number of carbonyl (C=O) groups excluding carboxylic acids is 1. The number of hydrogen-bond acceptors (Lipinski definition) is 5. The van der Waals surface area contributed by atoms with Crippen LogP contribution in [0, 0.1) is 5.92 Å². The van der Waals surface area contributed by atoms with Crippen molar-refractivity contribution in [3.05, 3.63) is 0 Å². The highest BCUT2D eigenvalue weighted by molar-refractivity contribution is 7.40. The van der Waals surface area contributed by atoms with Crippen LogP contribution in [0.3, 0.4) is 0 Å². The van der Waals surface area contributed by atoms with E-state index in [0.717, 1.165) is 32.4 Å². The van der Waals surface area contributed by atoms with Gasteiger partial charge in [-0.3, -0.25) is 0 Å². The van der Waals surface area contributed by atoms with Crippen LogP contribution >= 0.6 is 8.60 Å². The zero-order chi connectivity index (χ0) is 26.0. The number of unbranched alkanes of at least 4 members (excludes halogenated alkanes) is 14. The van der Waals surface area contributed by atoms with Gasteiger partial charge >= 0.3 is 8.60 Å². The first-order valence-corrected chi connectivity index (χ1v) is 15.7. The second-order valence-electron chi connectivity index (χ2n) is 10.5. The summed E-state index contributed by atoms with van der Waals surface area (Å²) >= 11 is 0. The molecule has 7 heteroatoms. The van der Waals surface area contributed by atoms with E-state index in [0.29, 0.717) is 26.2 Å². The molecule has 0 spiro atoms. The van der Waals surface area contributed by atoms with Gasteiger partial charge in [0.05, 0.1) is 40.5 Å². The van der Waals surface area contributed by atoms with Gasteiger partial charge in [0, 0.05) is 18.9 Å². The van der Waals surface area contributed by atoms with Crippen molar-refractivity contribution >= 4 is 14.4 Å². The largest absolute Gasteiger partial charge is 0.381 e. The van der Waals surface area contributed by atoms with Gasteiger partial charge in [-0.1, -0.05) is 90.4 Å². The van der Waals surface area contributed by atoms with Gasteiger partial charge < -0.3 is 28.4 Å². The number of ether oxygens (including phenoxy) is 1. The number of hydrogen-bond donors (Lipinski definition) is 2. The zero-order valence-electron chi connectivity index (χ0n) is 23.7. The Labute approximate surface area is 218 Å². The molecule has 6 nitrogen and oxygen atoms in total. The Morgan fingerprint density at radius 3 is 1.77 bits per heavy atom. The first-order chi connectivity index (χ1) is 17.0. The van der Waals surface area contributed by atoms with Crippen molar-refractivity contribution in [1.29, 1.82) is 0 Å². The zero-order valence-corrected chi connectivity index (χ0v) is 24.6. The second kappa shape index (κ2) is 26.9. The van der Waals surface area contributed by atoms with Crippen LogP contribution in [-0.4, -0.2) is 57.7 Å². The summed E-state index contributed by atoms with van der Waals surface area (Å²) in [5.41, 5.74) is 0. The molecule has 0 rings (SSSR count). The van der Waals surface area contributed by atoms with E-state index in [9.17, 15) is 9.69 Å². The molecule has 35 heavy (non-hydrogen) atoms. The third-order valence-corrected chi connectivity index (χ3v) is 7.04. The van der Waals surface area contributed by atoms with Crippen molar-refractivity contribution in [1.82, 2.24) is 0 Å². The molecule has 0 aliphatic heterocycles. The summed E-state index contributed by atoms with van der Waals surface area (Å²) in [6.07, 6.45) is 21.2. The Balaban J connectivity index is 3.61. The molecule has 2 unspecified atom stereocenters. The second-order valence-corrected chi connectivity index (χ2v) is 11.5. The van der Waals surface area contributed by atoms with Crippen molar-refractivity contribution in [2.45, 2.75) is 123 Å². The number of ketones is 1. The van der Waals surface area contributed by atoms with Crippen LogP contribution in [0.4, 0.5) is 0 Å². The lowest BCUT2D eigenvalue weighted by Crippen LogP contribution is -3.05. The first-order valence-electron chi connectivity index (χ1n) is 14.6. The molecule has 210 valence electrons. The molecule has 0 saturated carbocycles. The number of rotatable bonds is 28. The van der Waals surface area contributed by atoms with Crippen LogP contribution in [0.1, 0.15) is 123 Å². The van der Waals surface area contributed by atoms with Crippen LogP contribution in [0.15, 0.2) is 0 Å². The predicted molar refractivity (Wildman–Crippen MR) is 148 cm³/mol. The highest BCUT2D eigenvalue weighted by Crippen LogP contribution is 2.33. The van der Waals surface area contributed by atoms with Gasteiger partial charge in [0.1, 0.15) is 5.78 Å². The smallest absolute Gasteiger partial charge is 0.329 e. The third-order valence-electron chi connectivity index (χ3n) is 6.27. The van der Waals surface area contributed by atoms with Crippen molar-refractivity contribution in [2.75, 3.05) is 47.1 Å². The van der Waals surface area contributed by atoms with E-state index in [1.165, 1.54) is 88.4 Å². The minimum absolute atomic E-state index is 0.0303. The molecule has 0 radical (unpaired) electrons. The molecule has 0 aromatic rings. The Bertz CT molecular complexity index is 453. The maximum atomic E-state index is 11.6. The van der Waals surface area contributed by atoms with Crippen molar-refractivity contribution in [3.63, 3.8) is 0 Å². The van der Waals surface area contributed by atoms with E-state index < -0.39 is 8.60 Å². The Morgan fingerprint density at radius 1 is 0.743 bits per heavy atom. The average molecular weight is 521 g/mol. The standard InChI is InChI=1S/C28H58NO5P/c1-5-6-7-8-9-10-11-12-13-14-15-16-17-19-22-32-25-28(24-27(2)30)26-34-35(31)33-23-20-18-21-29(3)4/h28,31H,5-26H2,1-4H3/p+1. The summed E-state index contributed by atoms with van der Waals surface area (Å²) in [6.45, 7) is 6.97. The van der Waals surface area contributed by atoms with Gasteiger partial charge in [-0.25, -0.2) is 0 Å². The monoisotopic (exact) mass is 520 g/mol. The topological polar surface area (TPSA) is 69.4 Å². The number of Topliss-reactive ketones (excluding diaryl/α,β-unsaturated/α-hetero) is 1. The molecule has 0 bridgehead atoms. The van der Waals surface area contributed by atoms with Gasteiger partial charge in [0.25, 0.3) is 0 Å². The maximum Gasteiger partial charge on any atom is 0.329 e. The van der Waals surface area contributed by atoms with Gasteiger partial charge in [0.2, 0.25) is 0 Å². The summed E-state index contributed by atoms with van der Waals surface area (Å²) in [4.78, 5) is 22.9. The summed E-state index contributed by atoms with van der Waals surface area (Å²) in [7, 11) is 2.37. The van der Waals surface area contributed by atoms with E-state index in [4.69, 9.17) is 13.8 Å². The average Bonchev–Trinajstić information content (AvgIpc) is 2.81. The molecule has 0 fully saturated rings. The van der Waals surface area contributed by atoms with Gasteiger partial charge in [0.15, 0.2) is 0 Å². The molecule has 2 atom stereocenters. The lowest BCUT2D eigenvalue weighted by atomic mass is 10.0. The Morgan fingerprint density at radius 2 is 1.26 bits per heavy atom. The molecule has 0 saturated heterocycles. The molecule has 0 aromatic carbocycles. The number of carbonyl (C=O) groups is 1. The van der Waals surface area contributed by atoms with Gasteiger partial charge in [-0.15, -0.1) is 0 Å². The third kappa shape index (κ3) is 28.3. The molecular weight excluding hydrogens is 461 g/mol. The summed E-state index contributed by atoms with van der Waals surface area (Å²) < 4.78 is 16.7. The van der Waals surface area contributed by atoms with Crippen molar-refractivity contribution in [3.8, 4) is 0 Å². The van der Waals surface area contributed by atoms with E-state index in [2.05, 4.69) is 21.0 Å². The van der Waals surface area contributed by atoms with E-state index in [-0.39, 0.29) is 11.7 Å². The fourth-order valence-electron chi connectivity index (χ4n) is 4.15. The molecule has 0 heterocycles. The van der Waals surface area contributed by atoms with Crippen LogP contribution in [0.25, 0.3) is 0 Å². The normalized spacial score (nSPS) is 13.4. The minimum atomic E-state index is -1.88. The molecular formula is C28H59NO5P+. The Hall–Kier alpha value is -0.100. The van der Waals surface area contributed by atoms with Gasteiger partial charge in [-0.2, -0.15) is 0 Å². The fraction of sp³-hybridized carbons (Fsp3) is 0.964. The van der Waals surface area contributed by atoms with Crippen LogP contribution < -0.4 is 4.90 Å². The van der Waals surface area contributed by atoms with E-state index in [1.54, 1.807) is 6.92 Å². The Kier molecular flexibility index (Phi) is 26.9. The van der Waals surface area contributed by atoms with Crippen LogP contribution in [0.5, 0.6) is 0 Å². The van der Waals surface area contributed by atoms with Gasteiger partial charge in [-0.05, 0) is 26.2 Å². The van der Waals surface area contributed by atoms with Crippen LogP contribution in [-0.2, 0) is 18.6 Å². The van der Waals surface area contributed by atoms with E-state index >= 15 is 0 Å². The summed E-state index contributed by atoms with van der Waals surface area (Å²) in [5.74, 6) is 0.0882. The van der Waals surface area contributed by atoms with Crippen LogP contribution in [0.2, 0.25) is 0 Å². The summed E-state index contributed by atoms with van der Waals surface area (Å²) in [6, 6.07) is 0. The SMILES string of the molecule is CCCCCCCCCCCCCCCCOCC(COP(O)OCCCC[NH+](C)C)CC(C)=O. The molecule has 0 aliphatic rings. The quantitative estimate of drug-likeness (QED) is 0.0942. The van der Waals surface area contributed by atoms with E-state index in [1.807, 2.05) is 0 Å². The number of quaternary nitrogens is 1.